The third kappa shape index (κ3) is 17.5. The molecule has 24 nitrogen and oxygen atoms in total. The molecular formula is C43H59N11O13. The number of primary amides is 1. The van der Waals surface area contributed by atoms with E-state index in [1.807, 2.05) is 0 Å². The van der Waals surface area contributed by atoms with Crippen LogP contribution in [0.15, 0.2) is 67.1 Å². The maximum Gasteiger partial charge on any atom is 0.328 e. The summed E-state index contributed by atoms with van der Waals surface area (Å²) in [5, 5.41) is 56.9. The van der Waals surface area contributed by atoms with E-state index in [9.17, 15) is 63.6 Å². The normalized spacial score (nSPS) is 15.1. The number of aliphatic hydroxyl groups excluding tert-OH is 2. The number of imidazole rings is 1. The number of aliphatic hydroxyl groups is 2. The van der Waals surface area contributed by atoms with Crippen LogP contribution in [-0.4, -0.2) is 145 Å². The number of carbonyl (C=O) groups excluding carboxylic acids is 8. The van der Waals surface area contributed by atoms with Crippen LogP contribution in [0.5, 0.6) is 5.75 Å². The molecule has 67 heavy (non-hydrogen) atoms. The molecule has 1 aromatic heterocycles. The lowest BCUT2D eigenvalue weighted by atomic mass is 10.0. The van der Waals surface area contributed by atoms with Crippen LogP contribution in [-0.2, 0) is 62.4 Å². The van der Waals surface area contributed by atoms with Crippen LogP contribution in [0.3, 0.4) is 0 Å². The number of nitrogens with zero attached hydrogens (tertiary/aromatic N) is 1. The van der Waals surface area contributed by atoms with Gasteiger partial charge in [-0.2, -0.15) is 0 Å². The molecule has 0 radical (unpaired) electrons. The summed E-state index contributed by atoms with van der Waals surface area (Å²) >= 11 is 0. The lowest BCUT2D eigenvalue weighted by Crippen LogP contribution is -2.62. The Hall–Kier alpha value is -7.44. The molecule has 0 spiro atoms. The number of rotatable bonds is 26. The molecule has 0 aliphatic heterocycles. The standard InChI is InChI=1S/C43H59N11O13/c1-21(2)34(52-33(59)18-44)41(64)53-35(22(3)55)42(65)51-28(14-24-8-6-5-7-9-24)37(60)50-31(17-32(45)58)39(62)49-30(16-26-19-46-20-47-26)38(61)48-29(15-25-10-12-27(57)13-11-25)40(63)54-36(23(4)56)43(66)67/h5-13,19-23,28-31,34-36,55-57H,14-18,44H2,1-4H3,(H2,45,58)(H,46,47)(H,48,61)(H,49,62)(H,50,60)(H,51,65)(H,52,59)(H,53,64)(H,54,63)(H,66,67)/t22-,23-,28+,29+,30+,31+,34+,35+,36+/m1/s1. The minimum atomic E-state index is -1.80. The second kappa shape index (κ2) is 25.9. The number of phenols is 1. The summed E-state index contributed by atoms with van der Waals surface area (Å²) in [5.74, 6) is -10.0. The van der Waals surface area contributed by atoms with Crippen LogP contribution in [0.2, 0.25) is 0 Å². The number of H-pyrrole nitrogens is 1. The number of aromatic amines is 1. The van der Waals surface area contributed by atoms with Crippen molar-refractivity contribution >= 4 is 53.2 Å². The van der Waals surface area contributed by atoms with Gasteiger partial charge >= 0.3 is 5.97 Å². The number of aromatic hydroxyl groups is 1. The Morgan fingerprint density at radius 1 is 0.597 bits per heavy atom. The summed E-state index contributed by atoms with van der Waals surface area (Å²) in [6.07, 6.45) is -2.14. The topological polar surface area (TPSA) is 399 Å². The van der Waals surface area contributed by atoms with E-state index in [-0.39, 0.29) is 25.0 Å². The highest BCUT2D eigenvalue weighted by atomic mass is 16.4. The third-order valence-electron chi connectivity index (χ3n) is 10.1. The fourth-order valence-corrected chi connectivity index (χ4v) is 6.51. The molecule has 2 aromatic carbocycles. The summed E-state index contributed by atoms with van der Waals surface area (Å²) in [7, 11) is 0. The highest BCUT2D eigenvalue weighted by molar-refractivity contribution is 5.99. The van der Waals surface area contributed by atoms with E-state index in [0.29, 0.717) is 16.8 Å². The van der Waals surface area contributed by atoms with Gasteiger partial charge in [-0.15, -0.1) is 0 Å². The Balaban J connectivity index is 1.95. The number of phenolic OH excluding ortho intramolecular Hbond substituents is 1. The number of amides is 8. The zero-order valence-corrected chi connectivity index (χ0v) is 37.2. The lowest BCUT2D eigenvalue weighted by Gasteiger charge is -2.29. The molecule has 0 saturated heterocycles. The molecular weight excluding hydrogens is 879 g/mol. The smallest absolute Gasteiger partial charge is 0.328 e. The molecule has 3 rings (SSSR count). The molecule has 8 amide bonds. The molecule has 0 unspecified atom stereocenters. The third-order valence-corrected chi connectivity index (χ3v) is 10.1. The number of hydrogen-bond acceptors (Lipinski definition) is 14. The Bertz CT molecular complexity index is 2170. The first-order chi connectivity index (χ1) is 31.6. The van der Waals surface area contributed by atoms with Gasteiger partial charge in [0.1, 0.15) is 42.0 Å². The maximum atomic E-state index is 14.1. The van der Waals surface area contributed by atoms with E-state index in [4.69, 9.17) is 11.5 Å². The SMILES string of the molecule is CC(C)[C@H](NC(=O)CN)C(=O)N[C@H](C(=O)N[C@@H](Cc1ccccc1)C(=O)N[C@@H](CC(N)=O)C(=O)N[C@@H](Cc1cnc[nH]1)C(=O)N[C@@H](Cc1ccc(O)cc1)C(=O)N[C@H](C(=O)O)[C@@H](C)O)[C@@H](C)O. The summed E-state index contributed by atoms with van der Waals surface area (Å²) in [6.45, 7) is 5.15. The monoisotopic (exact) mass is 937 g/mol. The fraction of sp³-hybridized carbons (Fsp3) is 0.442. The van der Waals surface area contributed by atoms with Gasteiger partial charge in [-0.25, -0.2) is 9.78 Å². The Morgan fingerprint density at radius 2 is 1.06 bits per heavy atom. The predicted octanol–water partition coefficient (Wildman–Crippen LogP) is -4.13. The zero-order chi connectivity index (χ0) is 50.0. The van der Waals surface area contributed by atoms with Crippen LogP contribution in [0.1, 0.15) is 50.9 Å². The number of carboxylic acids is 1. The fourth-order valence-electron chi connectivity index (χ4n) is 6.51. The maximum absolute atomic E-state index is 14.1. The molecule has 0 bridgehead atoms. The first-order valence-electron chi connectivity index (χ1n) is 21.1. The highest BCUT2D eigenvalue weighted by Crippen LogP contribution is 2.13. The molecule has 9 atom stereocenters. The number of carboxylic acid groups (broad SMARTS) is 1. The van der Waals surface area contributed by atoms with E-state index < -0.39 is 127 Å². The summed E-state index contributed by atoms with van der Waals surface area (Å²) in [6, 6.07) is 2.62. The molecule has 0 aliphatic rings. The number of benzene rings is 2. The van der Waals surface area contributed by atoms with Crippen molar-refractivity contribution in [3.8, 4) is 5.75 Å². The number of aromatic nitrogens is 2. The van der Waals surface area contributed by atoms with Crippen molar-refractivity contribution in [2.45, 2.75) is 108 Å². The first-order valence-corrected chi connectivity index (χ1v) is 21.1. The molecule has 0 saturated carbocycles. The zero-order valence-electron chi connectivity index (χ0n) is 37.2. The van der Waals surface area contributed by atoms with Crippen LogP contribution < -0.4 is 48.7 Å². The van der Waals surface area contributed by atoms with Crippen molar-refractivity contribution < 1.29 is 63.6 Å². The van der Waals surface area contributed by atoms with E-state index in [2.05, 4.69) is 47.2 Å². The van der Waals surface area contributed by atoms with Crippen LogP contribution >= 0.6 is 0 Å². The van der Waals surface area contributed by atoms with Crippen molar-refractivity contribution in [3.63, 3.8) is 0 Å². The Labute approximate surface area is 384 Å². The van der Waals surface area contributed by atoms with Crippen molar-refractivity contribution in [2.24, 2.45) is 17.4 Å². The molecule has 1 heterocycles. The van der Waals surface area contributed by atoms with Gasteiger partial charge in [-0.1, -0.05) is 56.3 Å². The molecule has 24 heteroatoms. The van der Waals surface area contributed by atoms with Gasteiger partial charge < -0.3 is 74.1 Å². The molecule has 3 aromatic rings. The molecule has 0 fully saturated rings. The highest BCUT2D eigenvalue weighted by Gasteiger charge is 2.37. The van der Waals surface area contributed by atoms with E-state index in [1.165, 1.54) is 43.7 Å². The minimum Gasteiger partial charge on any atom is -0.508 e. The van der Waals surface area contributed by atoms with Crippen LogP contribution in [0.25, 0.3) is 0 Å². The van der Waals surface area contributed by atoms with E-state index in [0.717, 1.165) is 6.92 Å². The van der Waals surface area contributed by atoms with E-state index >= 15 is 0 Å². The van der Waals surface area contributed by atoms with Crippen molar-refractivity contribution in [1.29, 1.82) is 0 Å². The summed E-state index contributed by atoms with van der Waals surface area (Å²) in [4.78, 5) is 126. The summed E-state index contributed by atoms with van der Waals surface area (Å²) < 4.78 is 0. The van der Waals surface area contributed by atoms with Gasteiger partial charge in [0.15, 0.2) is 6.04 Å². The molecule has 364 valence electrons. The van der Waals surface area contributed by atoms with Gasteiger partial charge in [0.05, 0.1) is 31.5 Å². The largest absolute Gasteiger partial charge is 0.508 e. The van der Waals surface area contributed by atoms with Crippen LogP contribution in [0.4, 0.5) is 0 Å². The number of nitrogens with two attached hydrogens (primary N) is 2. The number of carbonyl (C=O) groups is 9. The van der Waals surface area contributed by atoms with Gasteiger partial charge in [0, 0.05) is 31.2 Å². The lowest BCUT2D eigenvalue weighted by molar-refractivity contribution is -0.145. The van der Waals surface area contributed by atoms with E-state index in [1.54, 1.807) is 44.2 Å². The number of aliphatic carboxylic acids is 1. The number of nitrogens with one attached hydrogen (secondary N) is 8. The number of hydrogen-bond donors (Lipinski definition) is 14. The predicted molar refractivity (Wildman–Crippen MR) is 236 cm³/mol. The van der Waals surface area contributed by atoms with Gasteiger partial charge in [-0.05, 0) is 43.0 Å². The Morgan fingerprint density at radius 3 is 1.54 bits per heavy atom. The average Bonchev–Trinajstić information content (AvgIpc) is 3.78. The minimum absolute atomic E-state index is 0.109. The molecule has 16 N–H and O–H groups in total. The second-order valence-electron chi connectivity index (χ2n) is 16.0. The first kappa shape index (κ1) is 53.9. The van der Waals surface area contributed by atoms with Crippen LogP contribution in [0, 0.1) is 5.92 Å². The van der Waals surface area contributed by atoms with Gasteiger partial charge in [0.2, 0.25) is 47.3 Å². The molecule has 0 aliphatic carbocycles. The summed E-state index contributed by atoms with van der Waals surface area (Å²) in [5.41, 5.74) is 12.1. The van der Waals surface area contributed by atoms with Gasteiger partial charge in [-0.3, -0.25) is 38.4 Å². The van der Waals surface area contributed by atoms with Gasteiger partial charge in [0.25, 0.3) is 0 Å². The van der Waals surface area contributed by atoms with Crippen molar-refractivity contribution in [3.05, 3.63) is 83.9 Å². The second-order valence-corrected chi connectivity index (χ2v) is 16.0. The Kier molecular flexibility index (Phi) is 20.8. The quantitative estimate of drug-likeness (QED) is 0.0364. The average molecular weight is 938 g/mol. The van der Waals surface area contributed by atoms with Crippen molar-refractivity contribution in [2.75, 3.05) is 6.54 Å². The van der Waals surface area contributed by atoms with Crippen molar-refractivity contribution in [1.82, 2.24) is 47.2 Å².